The van der Waals surface area contributed by atoms with E-state index in [9.17, 15) is 10.0 Å². The minimum Gasteiger partial charge on any atom is -0.350 e. The summed E-state index contributed by atoms with van der Waals surface area (Å²) in [7, 11) is 0. The molecule has 0 spiro atoms. The van der Waals surface area contributed by atoms with E-state index in [0.29, 0.717) is 5.06 Å². The highest BCUT2D eigenvalue weighted by molar-refractivity contribution is 5.71. The molecule has 0 aromatic heterocycles. The molecule has 1 aromatic carbocycles. The van der Waals surface area contributed by atoms with E-state index in [1.165, 1.54) is 0 Å². The molecule has 0 aliphatic heterocycles. The summed E-state index contributed by atoms with van der Waals surface area (Å²) in [6.45, 7) is 3.68. The molecule has 2 amide bonds. The van der Waals surface area contributed by atoms with Gasteiger partial charge in [0, 0.05) is 0 Å². The second-order valence-corrected chi connectivity index (χ2v) is 3.27. The van der Waals surface area contributed by atoms with Gasteiger partial charge in [-0.2, -0.15) is 5.06 Å². The van der Waals surface area contributed by atoms with Crippen LogP contribution < -0.4 is 5.73 Å². The molecule has 14 heavy (non-hydrogen) atoms. The van der Waals surface area contributed by atoms with Gasteiger partial charge in [-0.1, -0.05) is 29.8 Å². The van der Waals surface area contributed by atoms with Crippen LogP contribution in [0.3, 0.4) is 0 Å². The van der Waals surface area contributed by atoms with Crippen molar-refractivity contribution >= 4 is 6.03 Å². The fourth-order valence-corrected chi connectivity index (χ4v) is 1.18. The topological polar surface area (TPSA) is 66.6 Å². The highest BCUT2D eigenvalue weighted by Crippen LogP contribution is 2.18. The van der Waals surface area contributed by atoms with Crippen molar-refractivity contribution in [1.82, 2.24) is 5.06 Å². The maximum Gasteiger partial charge on any atom is 0.339 e. The molecule has 1 unspecified atom stereocenters. The van der Waals surface area contributed by atoms with Crippen LogP contribution in [0.2, 0.25) is 0 Å². The summed E-state index contributed by atoms with van der Waals surface area (Å²) in [5.41, 5.74) is 6.91. The molecule has 0 radical (unpaired) electrons. The maximum absolute atomic E-state index is 10.7. The van der Waals surface area contributed by atoms with Crippen LogP contribution in [0.15, 0.2) is 24.3 Å². The molecule has 0 aliphatic rings. The molecule has 4 nitrogen and oxygen atoms in total. The van der Waals surface area contributed by atoms with Crippen molar-refractivity contribution < 1.29 is 10.0 Å². The number of hydrogen-bond donors (Lipinski definition) is 2. The van der Waals surface area contributed by atoms with Gasteiger partial charge in [-0.25, -0.2) is 4.79 Å². The van der Waals surface area contributed by atoms with Gasteiger partial charge in [-0.05, 0) is 19.4 Å². The Morgan fingerprint density at radius 3 is 2.36 bits per heavy atom. The predicted molar refractivity (Wildman–Crippen MR) is 52.8 cm³/mol. The number of nitrogens with two attached hydrogens (primary N) is 1. The van der Waals surface area contributed by atoms with E-state index in [0.717, 1.165) is 11.1 Å². The fraction of sp³-hybridized carbons (Fsp3) is 0.300. The Hall–Kier alpha value is -1.55. The largest absolute Gasteiger partial charge is 0.350 e. The normalized spacial score (nSPS) is 12.2. The van der Waals surface area contributed by atoms with Gasteiger partial charge in [-0.15, -0.1) is 0 Å². The van der Waals surface area contributed by atoms with Gasteiger partial charge in [0.1, 0.15) is 0 Å². The molecule has 0 fully saturated rings. The van der Waals surface area contributed by atoms with Gasteiger partial charge in [0.25, 0.3) is 0 Å². The van der Waals surface area contributed by atoms with Crippen LogP contribution >= 0.6 is 0 Å². The maximum atomic E-state index is 10.7. The molecule has 0 saturated heterocycles. The SMILES string of the molecule is Cc1ccc(C(C)N(O)C(N)=O)cc1. The number of rotatable bonds is 2. The summed E-state index contributed by atoms with van der Waals surface area (Å²) >= 11 is 0. The van der Waals surface area contributed by atoms with Crippen LogP contribution in [0, 0.1) is 6.92 Å². The number of carbonyl (C=O) groups excluding carboxylic acids is 1. The van der Waals surface area contributed by atoms with Crippen LogP contribution in [0.5, 0.6) is 0 Å². The van der Waals surface area contributed by atoms with Gasteiger partial charge in [0.2, 0.25) is 0 Å². The lowest BCUT2D eigenvalue weighted by Gasteiger charge is -2.20. The lowest BCUT2D eigenvalue weighted by molar-refractivity contribution is -0.0709. The zero-order valence-electron chi connectivity index (χ0n) is 8.27. The quantitative estimate of drug-likeness (QED) is 0.557. The Balaban J connectivity index is 2.84. The average Bonchev–Trinajstić information content (AvgIpc) is 2.16. The van der Waals surface area contributed by atoms with Crippen LogP contribution in [-0.2, 0) is 0 Å². The van der Waals surface area contributed by atoms with Gasteiger partial charge in [0.15, 0.2) is 0 Å². The minimum atomic E-state index is -0.849. The first-order chi connectivity index (χ1) is 6.52. The van der Waals surface area contributed by atoms with Crippen molar-refractivity contribution in [3.63, 3.8) is 0 Å². The van der Waals surface area contributed by atoms with Crippen LogP contribution in [0.1, 0.15) is 24.1 Å². The van der Waals surface area contributed by atoms with Crippen molar-refractivity contribution in [3.8, 4) is 0 Å². The molecule has 0 saturated carbocycles. The first-order valence-corrected chi connectivity index (χ1v) is 4.36. The number of carbonyl (C=O) groups is 1. The number of benzene rings is 1. The van der Waals surface area contributed by atoms with Crippen molar-refractivity contribution in [1.29, 1.82) is 0 Å². The van der Waals surface area contributed by atoms with Crippen LogP contribution in [-0.4, -0.2) is 16.3 Å². The van der Waals surface area contributed by atoms with Gasteiger partial charge in [-0.3, -0.25) is 5.21 Å². The molecule has 0 heterocycles. The third kappa shape index (κ3) is 2.23. The first kappa shape index (κ1) is 10.5. The molecule has 1 rings (SSSR count). The molecule has 0 bridgehead atoms. The fourth-order valence-electron chi connectivity index (χ4n) is 1.18. The van der Waals surface area contributed by atoms with Gasteiger partial charge < -0.3 is 5.73 Å². The van der Waals surface area contributed by atoms with E-state index in [4.69, 9.17) is 5.73 Å². The van der Waals surface area contributed by atoms with E-state index in [-0.39, 0.29) is 0 Å². The molecule has 76 valence electrons. The summed E-state index contributed by atoms with van der Waals surface area (Å²) in [5, 5.41) is 9.80. The van der Waals surface area contributed by atoms with Gasteiger partial charge >= 0.3 is 6.03 Å². The molecular weight excluding hydrogens is 180 g/mol. The molecule has 4 heteroatoms. The van der Waals surface area contributed by atoms with Gasteiger partial charge in [0.05, 0.1) is 6.04 Å². The number of primary amides is 1. The van der Waals surface area contributed by atoms with E-state index in [1.807, 2.05) is 31.2 Å². The number of urea groups is 1. The summed E-state index contributed by atoms with van der Waals surface area (Å²) in [4.78, 5) is 10.7. The minimum absolute atomic E-state index is 0.423. The van der Waals surface area contributed by atoms with E-state index in [2.05, 4.69) is 0 Å². The number of nitrogens with zero attached hydrogens (tertiary/aromatic N) is 1. The van der Waals surface area contributed by atoms with Crippen molar-refractivity contribution in [2.75, 3.05) is 0 Å². The van der Waals surface area contributed by atoms with E-state index in [1.54, 1.807) is 6.92 Å². The summed E-state index contributed by atoms with van der Waals surface area (Å²) in [6.07, 6.45) is 0. The lowest BCUT2D eigenvalue weighted by atomic mass is 10.1. The number of amides is 2. The molecular formula is C10H14N2O2. The third-order valence-electron chi connectivity index (χ3n) is 2.15. The first-order valence-electron chi connectivity index (χ1n) is 4.36. The monoisotopic (exact) mass is 194 g/mol. The second-order valence-electron chi connectivity index (χ2n) is 3.27. The zero-order chi connectivity index (χ0) is 10.7. The Morgan fingerprint density at radius 1 is 1.43 bits per heavy atom. The van der Waals surface area contributed by atoms with Crippen molar-refractivity contribution in [3.05, 3.63) is 35.4 Å². The lowest BCUT2D eigenvalue weighted by Crippen LogP contribution is -2.34. The molecule has 1 aromatic rings. The third-order valence-corrected chi connectivity index (χ3v) is 2.15. The average molecular weight is 194 g/mol. The molecule has 1 atom stereocenters. The summed E-state index contributed by atoms with van der Waals surface area (Å²) < 4.78 is 0. The van der Waals surface area contributed by atoms with Crippen LogP contribution in [0.25, 0.3) is 0 Å². The van der Waals surface area contributed by atoms with Crippen molar-refractivity contribution in [2.24, 2.45) is 5.73 Å². The summed E-state index contributed by atoms with van der Waals surface area (Å²) in [6, 6.07) is 6.27. The van der Waals surface area contributed by atoms with Crippen molar-refractivity contribution in [2.45, 2.75) is 19.9 Å². The summed E-state index contributed by atoms with van der Waals surface area (Å²) in [5.74, 6) is 0. The Morgan fingerprint density at radius 2 is 1.93 bits per heavy atom. The smallest absolute Gasteiger partial charge is 0.339 e. The number of hydroxylamine groups is 2. The van der Waals surface area contributed by atoms with E-state index < -0.39 is 12.1 Å². The Bertz CT molecular complexity index is 321. The highest BCUT2D eigenvalue weighted by Gasteiger charge is 2.16. The predicted octanol–water partition coefficient (Wildman–Crippen LogP) is 1.83. The number of hydrogen-bond acceptors (Lipinski definition) is 2. The Kier molecular flexibility index (Phi) is 3.09. The Labute approximate surface area is 82.9 Å². The second kappa shape index (κ2) is 4.11. The van der Waals surface area contributed by atoms with Crippen LogP contribution in [0.4, 0.5) is 4.79 Å². The molecule has 0 aliphatic carbocycles. The highest BCUT2D eigenvalue weighted by atomic mass is 16.5. The number of aryl methyl sites for hydroxylation is 1. The standard InChI is InChI=1S/C10H14N2O2/c1-7-3-5-9(6-4-7)8(2)12(14)10(11)13/h3-6,8,14H,1-2H3,(H2,11,13). The zero-order valence-corrected chi connectivity index (χ0v) is 8.27. The molecule has 3 N–H and O–H groups in total. The van der Waals surface area contributed by atoms with E-state index >= 15 is 0 Å².